The number of alkyl halides is 3. The van der Waals surface area contributed by atoms with E-state index in [1.54, 1.807) is 6.07 Å². The Morgan fingerprint density at radius 3 is 2.60 bits per heavy atom. The average molecular weight is 376 g/mol. The van der Waals surface area contributed by atoms with E-state index in [1.807, 2.05) is 12.1 Å². The molecule has 0 spiro atoms. The quantitative estimate of drug-likeness (QED) is 0.811. The van der Waals surface area contributed by atoms with Crippen LogP contribution in [0.15, 0.2) is 35.0 Å². The Balaban J connectivity index is 1.90. The van der Waals surface area contributed by atoms with E-state index >= 15 is 0 Å². The zero-order valence-corrected chi connectivity index (χ0v) is 14.3. The van der Waals surface area contributed by atoms with Crippen LogP contribution in [0.4, 0.5) is 24.5 Å². The van der Waals surface area contributed by atoms with Crippen molar-refractivity contribution in [3.05, 3.63) is 30.0 Å². The molecular weight excluding hydrogens is 359 g/mol. The van der Waals surface area contributed by atoms with Crippen molar-refractivity contribution in [2.75, 3.05) is 49.9 Å². The Kier molecular flexibility index (Phi) is 5.10. The monoisotopic (exact) mass is 375 g/mol. The van der Waals surface area contributed by atoms with Crippen LogP contribution >= 0.6 is 11.6 Å². The molecule has 0 atom stereocenters. The molecule has 1 aromatic rings. The van der Waals surface area contributed by atoms with Crippen molar-refractivity contribution in [3.63, 3.8) is 0 Å². The number of benzene rings is 1. The summed E-state index contributed by atoms with van der Waals surface area (Å²) in [4.78, 5) is 7.27. The van der Waals surface area contributed by atoms with Gasteiger partial charge >= 0.3 is 6.18 Å². The number of allylic oxidation sites excluding steroid dienone is 1. The normalized spacial score (nSPS) is 18.8. The van der Waals surface area contributed by atoms with Crippen LogP contribution in [0, 0.1) is 0 Å². The molecule has 0 aromatic heterocycles. The number of rotatable bonds is 3. The molecule has 0 amide bonds. The van der Waals surface area contributed by atoms with Crippen LogP contribution in [0.2, 0.25) is 0 Å². The summed E-state index contributed by atoms with van der Waals surface area (Å²) < 4.78 is 49.9. The van der Waals surface area contributed by atoms with Crippen molar-refractivity contribution in [2.24, 2.45) is 4.99 Å². The highest BCUT2D eigenvalue weighted by molar-refractivity contribution is 6.69. The maximum Gasteiger partial charge on any atom is 0.420 e. The minimum Gasteiger partial charge on any atom is -0.494 e. The summed E-state index contributed by atoms with van der Waals surface area (Å²) in [7, 11) is 1.48. The van der Waals surface area contributed by atoms with Crippen molar-refractivity contribution in [3.8, 4) is 5.75 Å². The Hall–Kier alpha value is -1.93. The molecule has 2 aliphatic heterocycles. The first-order valence-corrected chi connectivity index (χ1v) is 8.04. The van der Waals surface area contributed by atoms with Crippen LogP contribution in [0.1, 0.15) is 0 Å². The Morgan fingerprint density at radius 1 is 1.24 bits per heavy atom. The van der Waals surface area contributed by atoms with Gasteiger partial charge in [-0.25, -0.2) is 0 Å². The Labute approximate surface area is 148 Å². The number of hydrogen-bond acceptors (Lipinski definition) is 5. The second-order valence-electron chi connectivity index (χ2n) is 5.56. The molecule has 1 saturated heterocycles. The van der Waals surface area contributed by atoms with Gasteiger partial charge in [-0.2, -0.15) is 13.2 Å². The van der Waals surface area contributed by atoms with Crippen molar-refractivity contribution in [1.29, 1.82) is 0 Å². The highest BCUT2D eigenvalue weighted by atomic mass is 35.5. The molecule has 1 fully saturated rings. The minimum absolute atomic E-state index is 0.00826. The first-order chi connectivity index (χ1) is 11.9. The minimum atomic E-state index is -4.57. The van der Waals surface area contributed by atoms with Gasteiger partial charge in [-0.05, 0) is 12.1 Å². The van der Waals surface area contributed by atoms with E-state index in [4.69, 9.17) is 21.1 Å². The summed E-state index contributed by atoms with van der Waals surface area (Å²) in [5.41, 5.74) is 0.455. The fraction of sp³-hybridized carbons (Fsp3) is 0.438. The van der Waals surface area contributed by atoms with Gasteiger partial charge in [0, 0.05) is 31.0 Å². The fourth-order valence-corrected chi connectivity index (χ4v) is 2.94. The summed E-state index contributed by atoms with van der Waals surface area (Å²) >= 11 is 5.61. The lowest BCUT2D eigenvalue weighted by molar-refractivity contribution is -0.0861. The molecule has 2 heterocycles. The van der Waals surface area contributed by atoms with Crippen molar-refractivity contribution in [1.82, 2.24) is 0 Å². The fourth-order valence-electron chi connectivity index (χ4n) is 2.73. The third kappa shape index (κ3) is 3.85. The molecule has 25 heavy (non-hydrogen) atoms. The van der Waals surface area contributed by atoms with Gasteiger partial charge in [0.25, 0.3) is 0 Å². The van der Waals surface area contributed by atoms with Crippen LogP contribution in [-0.4, -0.2) is 51.4 Å². The standard InChI is InChI=1S/C16H17ClF3N3O2/c1-24-14-8-11(22-4-6-25-7-5-22)2-3-13(14)23-9-12(16(18,19)20)15(17)21-10-23/h2-3,8-9H,4-7,10H2,1H3. The van der Waals surface area contributed by atoms with Gasteiger partial charge in [0.1, 0.15) is 23.2 Å². The van der Waals surface area contributed by atoms with Gasteiger partial charge in [0.05, 0.1) is 26.0 Å². The number of aliphatic imine (C=N–C) groups is 1. The van der Waals surface area contributed by atoms with Crippen molar-refractivity contribution < 1.29 is 22.6 Å². The van der Waals surface area contributed by atoms with Crippen LogP contribution in [0.25, 0.3) is 0 Å². The summed E-state index contributed by atoms with van der Waals surface area (Å²) in [6, 6.07) is 5.38. The molecule has 0 radical (unpaired) electrons. The lowest BCUT2D eigenvalue weighted by Gasteiger charge is -2.31. The molecule has 0 bridgehead atoms. The Bertz CT molecular complexity index is 700. The largest absolute Gasteiger partial charge is 0.494 e. The predicted octanol–water partition coefficient (Wildman–Crippen LogP) is 3.39. The van der Waals surface area contributed by atoms with Gasteiger partial charge in [-0.1, -0.05) is 11.6 Å². The van der Waals surface area contributed by atoms with Gasteiger partial charge < -0.3 is 19.3 Å². The zero-order valence-electron chi connectivity index (χ0n) is 13.5. The first kappa shape index (κ1) is 17.9. The van der Waals surface area contributed by atoms with E-state index < -0.39 is 16.9 Å². The van der Waals surface area contributed by atoms with Gasteiger partial charge in [-0.15, -0.1) is 0 Å². The maximum absolute atomic E-state index is 13.1. The summed E-state index contributed by atoms with van der Waals surface area (Å²) in [5.74, 6) is 0.468. The second kappa shape index (κ2) is 7.13. The van der Waals surface area contributed by atoms with Crippen LogP contribution in [-0.2, 0) is 4.74 Å². The molecule has 9 heteroatoms. The third-order valence-corrected chi connectivity index (χ3v) is 4.35. The van der Waals surface area contributed by atoms with E-state index in [9.17, 15) is 13.2 Å². The molecule has 1 aromatic carbocycles. The predicted molar refractivity (Wildman–Crippen MR) is 90.8 cm³/mol. The third-order valence-electron chi connectivity index (χ3n) is 4.02. The van der Waals surface area contributed by atoms with Crippen molar-refractivity contribution >= 4 is 28.1 Å². The number of anilines is 2. The summed E-state index contributed by atoms with van der Waals surface area (Å²) in [6.45, 7) is 2.78. The molecule has 0 N–H and O–H groups in total. The van der Waals surface area contributed by atoms with E-state index in [1.165, 1.54) is 12.0 Å². The first-order valence-electron chi connectivity index (χ1n) is 7.67. The number of methoxy groups -OCH3 is 1. The van der Waals surface area contributed by atoms with Gasteiger partial charge in [0.2, 0.25) is 0 Å². The van der Waals surface area contributed by atoms with Crippen LogP contribution in [0.5, 0.6) is 5.75 Å². The molecule has 136 valence electrons. The highest BCUT2D eigenvalue weighted by Gasteiger charge is 2.38. The number of nitrogens with zero attached hydrogens (tertiary/aromatic N) is 3. The van der Waals surface area contributed by atoms with Crippen molar-refractivity contribution in [2.45, 2.75) is 6.18 Å². The molecule has 0 aliphatic carbocycles. The lowest BCUT2D eigenvalue weighted by Crippen LogP contribution is -2.36. The molecule has 5 nitrogen and oxygen atoms in total. The van der Waals surface area contributed by atoms with E-state index in [0.29, 0.717) is 24.7 Å². The molecule has 3 rings (SSSR count). The number of morpholine rings is 1. The summed E-state index contributed by atoms with van der Waals surface area (Å²) in [5, 5.41) is -0.535. The van der Waals surface area contributed by atoms with E-state index in [-0.39, 0.29) is 6.67 Å². The topological polar surface area (TPSA) is 37.3 Å². The smallest absolute Gasteiger partial charge is 0.420 e. The van der Waals surface area contributed by atoms with E-state index in [0.717, 1.165) is 25.0 Å². The molecule has 2 aliphatic rings. The SMILES string of the molecule is COc1cc(N2CCOCC2)ccc1N1C=C(C(F)(F)F)C(Cl)=NC1. The van der Waals surface area contributed by atoms with Crippen LogP contribution < -0.4 is 14.5 Å². The maximum atomic E-state index is 13.1. The van der Waals surface area contributed by atoms with Gasteiger partial charge in [-0.3, -0.25) is 4.99 Å². The van der Waals surface area contributed by atoms with Gasteiger partial charge in [0.15, 0.2) is 0 Å². The van der Waals surface area contributed by atoms with E-state index in [2.05, 4.69) is 9.89 Å². The summed E-state index contributed by atoms with van der Waals surface area (Å²) in [6.07, 6.45) is -3.61. The Morgan fingerprint density at radius 2 is 1.96 bits per heavy atom. The number of hydrogen-bond donors (Lipinski definition) is 0. The number of halogens is 4. The lowest BCUT2D eigenvalue weighted by atomic mass is 10.2. The molecular formula is C16H17ClF3N3O2. The molecule has 0 unspecified atom stereocenters. The average Bonchev–Trinajstić information content (AvgIpc) is 2.61. The molecule has 0 saturated carbocycles. The number of ether oxygens (including phenoxy) is 2. The van der Waals surface area contributed by atoms with Crippen LogP contribution in [0.3, 0.4) is 0 Å². The second-order valence-corrected chi connectivity index (χ2v) is 5.91. The highest BCUT2D eigenvalue weighted by Crippen LogP contribution is 2.37. The zero-order chi connectivity index (χ0) is 18.0.